The predicted molar refractivity (Wildman–Crippen MR) is 120 cm³/mol. The van der Waals surface area contributed by atoms with E-state index in [1.807, 2.05) is 57.2 Å². The van der Waals surface area contributed by atoms with Crippen LogP contribution in [-0.2, 0) is 16.1 Å². The summed E-state index contributed by atoms with van der Waals surface area (Å²) in [5.41, 5.74) is 1.50. The van der Waals surface area contributed by atoms with Crippen LogP contribution in [-0.4, -0.2) is 61.1 Å². The summed E-state index contributed by atoms with van der Waals surface area (Å²) in [7, 11) is 1.64. The second kappa shape index (κ2) is 9.92. The third-order valence-electron chi connectivity index (χ3n) is 5.05. The number of carbonyl (C=O) groups excluding carboxylic acids is 1. The van der Waals surface area contributed by atoms with Crippen molar-refractivity contribution in [3.63, 3.8) is 0 Å². The molecule has 7 nitrogen and oxygen atoms in total. The van der Waals surface area contributed by atoms with Crippen LogP contribution in [0.5, 0.6) is 11.5 Å². The fraction of sp³-hybridized carbons (Fsp3) is 0.458. The minimum atomic E-state index is -0.536. The molecule has 1 N–H and O–H groups in total. The lowest BCUT2D eigenvalue weighted by molar-refractivity contribution is 0.0162. The van der Waals surface area contributed by atoms with Gasteiger partial charge in [-0.25, -0.2) is 4.79 Å². The molecule has 1 atom stereocenters. The Bertz CT molecular complexity index is 846. The number of amides is 1. The van der Waals surface area contributed by atoms with E-state index in [2.05, 4.69) is 4.90 Å². The number of benzene rings is 2. The molecule has 1 heterocycles. The van der Waals surface area contributed by atoms with Gasteiger partial charge in [-0.05, 0) is 62.7 Å². The summed E-state index contributed by atoms with van der Waals surface area (Å²) in [6.07, 6.45) is -0.307. The number of hydrogen-bond acceptors (Lipinski definition) is 6. The zero-order valence-corrected chi connectivity index (χ0v) is 18.7. The summed E-state index contributed by atoms with van der Waals surface area (Å²) in [6.45, 7) is 8.24. The largest absolute Gasteiger partial charge is 0.508 e. The van der Waals surface area contributed by atoms with Gasteiger partial charge in [-0.1, -0.05) is 12.1 Å². The van der Waals surface area contributed by atoms with Crippen molar-refractivity contribution in [1.82, 2.24) is 4.90 Å². The first-order valence-electron chi connectivity index (χ1n) is 10.5. The van der Waals surface area contributed by atoms with E-state index < -0.39 is 5.60 Å². The fourth-order valence-electron chi connectivity index (χ4n) is 3.51. The Hall–Kier alpha value is -2.93. The van der Waals surface area contributed by atoms with Gasteiger partial charge in [0.1, 0.15) is 17.1 Å². The summed E-state index contributed by atoms with van der Waals surface area (Å²) in [4.78, 5) is 16.6. The summed E-state index contributed by atoms with van der Waals surface area (Å²) >= 11 is 0. The quantitative estimate of drug-likeness (QED) is 0.749. The first-order chi connectivity index (χ1) is 14.7. The highest BCUT2D eigenvalue weighted by Gasteiger charge is 2.32. The molecule has 3 rings (SSSR count). The van der Waals surface area contributed by atoms with Crippen LogP contribution < -0.4 is 9.64 Å². The van der Waals surface area contributed by atoms with Crippen molar-refractivity contribution in [2.75, 3.05) is 38.3 Å². The molecule has 168 valence electrons. The molecule has 1 saturated heterocycles. The Morgan fingerprint density at radius 2 is 1.74 bits per heavy atom. The summed E-state index contributed by atoms with van der Waals surface area (Å²) < 4.78 is 16.8. The Morgan fingerprint density at radius 3 is 2.35 bits per heavy atom. The van der Waals surface area contributed by atoms with Crippen LogP contribution in [0.4, 0.5) is 10.5 Å². The molecule has 0 spiro atoms. The van der Waals surface area contributed by atoms with Gasteiger partial charge in [0.2, 0.25) is 0 Å². The maximum Gasteiger partial charge on any atom is 0.410 e. The molecular weight excluding hydrogens is 396 g/mol. The van der Waals surface area contributed by atoms with E-state index in [1.165, 1.54) is 0 Å². The summed E-state index contributed by atoms with van der Waals surface area (Å²) in [5.74, 6) is 1.03. The number of piperazine rings is 1. The molecule has 0 radical (unpaired) electrons. The van der Waals surface area contributed by atoms with E-state index in [9.17, 15) is 9.90 Å². The van der Waals surface area contributed by atoms with Crippen molar-refractivity contribution in [3.05, 3.63) is 54.1 Å². The van der Waals surface area contributed by atoms with Crippen molar-refractivity contribution in [3.8, 4) is 11.5 Å². The van der Waals surface area contributed by atoms with E-state index in [-0.39, 0.29) is 17.9 Å². The molecule has 1 amide bonds. The lowest BCUT2D eigenvalue weighted by atomic mass is 10.1. The van der Waals surface area contributed by atoms with Gasteiger partial charge >= 0.3 is 6.09 Å². The first-order valence-corrected chi connectivity index (χ1v) is 10.5. The minimum Gasteiger partial charge on any atom is -0.508 e. The molecule has 31 heavy (non-hydrogen) atoms. The second-order valence-corrected chi connectivity index (χ2v) is 8.65. The van der Waals surface area contributed by atoms with Crippen LogP contribution in [0.3, 0.4) is 0 Å². The Kier molecular flexibility index (Phi) is 7.28. The van der Waals surface area contributed by atoms with Gasteiger partial charge in [0.15, 0.2) is 0 Å². The first kappa shape index (κ1) is 22.7. The Balaban J connectivity index is 1.67. The predicted octanol–water partition coefficient (Wildman–Crippen LogP) is 4.04. The topological polar surface area (TPSA) is 71.5 Å². The highest BCUT2D eigenvalue weighted by molar-refractivity contribution is 5.69. The van der Waals surface area contributed by atoms with Crippen LogP contribution in [0.15, 0.2) is 48.5 Å². The van der Waals surface area contributed by atoms with E-state index in [0.29, 0.717) is 32.8 Å². The lowest BCUT2D eigenvalue weighted by Crippen LogP contribution is -2.57. The number of ether oxygens (including phenoxy) is 3. The molecular formula is C24H32N2O5. The molecule has 0 bridgehead atoms. The van der Waals surface area contributed by atoms with Gasteiger partial charge in [0.05, 0.1) is 26.4 Å². The van der Waals surface area contributed by atoms with Crippen molar-refractivity contribution < 1.29 is 24.1 Å². The zero-order valence-electron chi connectivity index (χ0n) is 18.7. The van der Waals surface area contributed by atoms with Gasteiger partial charge in [0.25, 0.3) is 0 Å². The number of anilines is 1. The molecule has 2 aromatic carbocycles. The molecule has 0 aromatic heterocycles. The molecule has 0 saturated carbocycles. The number of aromatic hydroxyl groups is 1. The van der Waals surface area contributed by atoms with E-state index in [1.54, 1.807) is 24.1 Å². The van der Waals surface area contributed by atoms with Crippen LogP contribution in [0.1, 0.15) is 26.3 Å². The van der Waals surface area contributed by atoms with E-state index >= 15 is 0 Å². The normalized spacial score (nSPS) is 16.8. The van der Waals surface area contributed by atoms with Gasteiger partial charge in [0, 0.05) is 25.3 Å². The number of hydrogen-bond donors (Lipinski definition) is 1. The van der Waals surface area contributed by atoms with Crippen molar-refractivity contribution in [1.29, 1.82) is 0 Å². The van der Waals surface area contributed by atoms with Crippen molar-refractivity contribution in [2.45, 2.75) is 39.0 Å². The van der Waals surface area contributed by atoms with E-state index in [0.717, 1.165) is 17.0 Å². The number of carbonyl (C=O) groups is 1. The molecule has 2 aromatic rings. The highest BCUT2D eigenvalue weighted by atomic mass is 16.6. The van der Waals surface area contributed by atoms with Crippen LogP contribution >= 0.6 is 0 Å². The third kappa shape index (κ3) is 6.52. The van der Waals surface area contributed by atoms with Gasteiger partial charge in [-0.2, -0.15) is 0 Å². The van der Waals surface area contributed by atoms with Crippen molar-refractivity contribution in [2.24, 2.45) is 0 Å². The molecule has 0 unspecified atom stereocenters. The fourth-order valence-corrected chi connectivity index (χ4v) is 3.51. The molecule has 0 aliphatic carbocycles. The molecule has 1 aliphatic rings. The number of phenols is 1. The molecule has 1 aliphatic heterocycles. The highest BCUT2D eigenvalue weighted by Crippen LogP contribution is 2.24. The van der Waals surface area contributed by atoms with E-state index in [4.69, 9.17) is 14.2 Å². The average molecular weight is 429 g/mol. The van der Waals surface area contributed by atoms with Crippen LogP contribution in [0.25, 0.3) is 0 Å². The zero-order chi connectivity index (χ0) is 22.4. The van der Waals surface area contributed by atoms with Gasteiger partial charge in [-0.3, -0.25) is 0 Å². The third-order valence-corrected chi connectivity index (χ3v) is 5.05. The monoisotopic (exact) mass is 428 g/mol. The average Bonchev–Trinajstić information content (AvgIpc) is 2.74. The minimum absolute atomic E-state index is 0.0379. The number of nitrogens with zero attached hydrogens (tertiary/aromatic N) is 2. The standard InChI is InChI=1S/C24H32N2O5/c1-24(2,3)31-23(28)25-13-14-26(19-7-9-21(27)10-8-19)20(15-25)17-30-16-18-5-11-22(29-4)12-6-18/h5-12,20,27H,13-17H2,1-4H3/t20-/m1/s1. The van der Waals surface area contributed by atoms with Crippen LogP contribution in [0, 0.1) is 0 Å². The SMILES string of the molecule is COc1ccc(COC[C@H]2CN(C(=O)OC(C)(C)C)CCN2c2ccc(O)cc2)cc1. The smallest absolute Gasteiger partial charge is 0.410 e. The maximum atomic E-state index is 12.6. The second-order valence-electron chi connectivity index (χ2n) is 8.65. The summed E-state index contributed by atoms with van der Waals surface area (Å²) in [5, 5.41) is 9.63. The lowest BCUT2D eigenvalue weighted by Gasteiger charge is -2.42. The van der Waals surface area contributed by atoms with Crippen molar-refractivity contribution >= 4 is 11.8 Å². The Labute approximate surface area is 184 Å². The van der Waals surface area contributed by atoms with Gasteiger partial charge < -0.3 is 29.1 Å². The number of rotatable bonds is 6. The molecule has 1 fully saturated rings. The van der Waals surface area contributed by atoms with Gasteiger partial charge in [-0.15, -0.1) is 0 Å². The summed E-state index contributed by atoms with van der Waals surface area (Å²) in [6, 6.07) is 14.8. The van der Waals surface area contributed by atoms with Crippen LogP contribution in [0.2, 0.25) is 0 Å². The number of phenolic OH excluding ortho intramolecular Hbond substituents is 1. The molecule has 7 heteroatoms. The Morgan fingerprint density at radius 1 is 1.06 bits per heavy atom. The maximum absolute atomic E-state index is 12.6. The number of methoxy groups -OCH3 is 1.